The molecule has 1 rings (SSSR count). The molecule has 108 valence electrons. The zero-order chi connectivity index (χ0) is 13.0. The molecule has 0 aromatic rings. The maximum Gasteiger partial charge on any atom is 0.237 e. The van der Waals surface area contributed by atoms with E-state index in [1.165, 1.54) is 0 Å². The largest absolute Gasteiger partial charge is 0.352 e. The third kappa shape index (κ3) is 4.75. The van der Waals surface area contributed by atoms with Gasteiger partial charge in [0.1, 0.15) is 0 Å². The van der Waals surface area contributed by atoms with Gasteiger partial charge < -0.3 is 11.1 Å². The number of carbonyl (C=O) groups is 1. The second-order valence-corrected chi connectivity index (χ2v) is 5.42. The summed E-state index contributed by atoms with van der Waals surface area (Å²) < 4.78 is 0. The van der Waals surface area contributed by atoms with Crippen molar-refractivity contribution in [3.05, 3.63) is 0 Å². The number of halogens is 1. The van der Waals surface area contributed by atoms with Gasteiger partial charge in [0.25, 0.3) is 0 Å². The first-order valence-corrected chi connectivity index (χ1v) is 6.75. The summed E-state index contributed by atoms with van der Waals surface area (Å²) in [5.41, 5.74) is 5.99. The lowest BCUT2D eigenvalue weighted by molar-refractivity contribution is -0.127. The first kappa shape index (κ1) is 17.7. The van der Waals surface area contributed by atoms with E-state index < -0.39 is 0 Å². The van der Waals surface area contributed by atoms with Gasteiger partial charge in [-0.15, -0.1) is 12.4 Å². The highest BCUT2D eigenvalue weighted by Crippen LogP contribution is 2.17. The Bertz CT molecular complexity index is 263. The number of piperidine rings is 1. The lowest BCUT2D eigenvalue weighted by Crippen LogP contribution is -2.54. The van der Waals surface area contributed by atoms with E-state index in [2.05, 4.69) is 24.1 Å². The highest BCUT2D eigenvalue weighted by molar-refractivity contribution is 5.85. The highest BCUT2D eigenvalue weighted by atomic mass is 35.5. The van der Waals surface area contributed by atoms with E-state index >= 15 is 0 Å². The Morgan fingerprint density at radius 2 is 2.11 bits per heavy atom. The van der Waals surface area contributed by atoms with Crippen molar-refractivity contribution in [3.8, 4) is 0 Å². The second kappa shape index (κ2) is 7.97. The van der Waals surface area contributed by atoms with Crippen LogP contribution in [0.3, 0.4) is 0 Å². The molecule has 0 saturated carbocycles. The fraction of sp³-hybridized carbons (Fsp3) is 0.923. The Hall–Kier alpha value is -0.320. The van der Waals surface area contributed by atoms with Gasteiger partial charge in [0.15, 0.2) is 0 Å². The zero-order valence-electron chi connectivity index (χ0n) is 12.0. The SMILES string of the molecule is CCC(C)NC(=O)C(C)N1CCC(N)C(C)C1.Cl. The topological polar surface area (TPSA) is 58.4 Å². The van der Waals surface area contributed by atoms with E-state index in [-0.39, 0.29) is 36.4 Å². The van der Waals surface area contributed by atoms with Crippen LogP contribution in [0.25, 0.3) is 0 Å². The predicted molar refractivity (Wildman–Crippen MR) is 77.9 cm³/mol. The van der Waals surface area contributed by atoms with Gasteiger partial charge >= 0.3 is 0 Å². The number of nitrogens with two attached hydrogens (primary N) is 1. The fourth-order valence-corrected chi connectivity index (χ4v) is 2.18. The molecule has 1 amide bonds. The normalized spacial score (nSPS) is 28.1. The van der Waals surface area contributed by atoms with Crippen LogP contribution in [-0.2, 0) is 4.79 Å². The summed E-state index contributed by atoms with van der Waals surface area (Å²) in [4.78, 5) is 14.3. The van der Waals surface area contributed by atoms with Crippen molar-refractivity contribution in [1.82, 2.24) is 10.2 Å². The molecule has 18 heavy (non-hydrogen) atoms. The van der Waals surface area contributed by atoms with Crippen LogP contribution >= 0.6 is 12.4 Å². The van der Waals surface area contributed by atoms with E-state index in [1.807, 2.05) is 13.8 Å². The van der Waals surface area contributed by atoms with Crippen LogP contribution in [0, 0.1) is 5.92 Å². The minimum atomic E-state index is -0.0426. The minimum Gasteiger partial charge on any atom is -0.352 e. The summed E-state index contributed by atoms with van der Waals surface area (Å²) in [5, 5.41) is 3.04. The summed E-state index contributed by atoms with van der Waals surface area (Å²) >= 11 is 0. The maximum atomic E-state index is 12.0. The number of hydrogen-bond donors (Lipinski definition) is 2. The monoisotopic (exact) mass is 277 g/mol. The molecule has 5 heteroatoms. The van der Waals surface area contributed by atoms with Gasteiger partial charge in [-0.05, 0) is 32.6 Å². The molecule has 4 nitrogen and oxygen atoms in total. The van der Waals surface area contributed by atoms with Crippen LogP contribution in [0.15, 0.2) is 0 Å². The lowest BCUT2D eigenvalue weighted by Gasteiger charge is -2.38. The molecule has 4 unspecified atom stereocenters. The van der Waals surface area contributed by atoms with Gasteiger partial charge in [0.2, 0.25) is 5.91 Å². The Kier molecular flexibility index (Phi) is 7.83. The molecule has 1 fully saturated rings. The molecule has 4 atom stereocenters. The molecular formula is C13H28ClN3O. The van der Waals surface area contributed by atoms with Crippen molar-refractivity contribution in [2.75, 3.05) is 13.1 Å². The molecule has 0 aliphatic carbocycles. The predicted octanol–water partition coefficient (Wildman–Crippen LogP) is 1.38. The second-order valence-electron chi connectivity index (χ2n) is 5.42. The first-order chi connectivity index (χ1) is 7.95. The molecule has 0 radical (unpaired) electrons. The quantitative estimate of drug-likeness (QED) is 0.816. The number of amides is 1. The van der Waals surface area contributed by atoms with Crippen LogP contribution in [0.4, 0.5) is 0 Å². The number of hydrogen-bond acceptors (Lipinski definition) is 3. The summed E-state index contributed by atoms with van der Waals surface area (Å²) in [5.74, 6) is 0.615. The number of nitrogens with zero attached hydrogens (tertiary/aromatic N) is 1. The van der Waals surface area contributed by atoms with Crippen LogP contribution in [-0.4, -0.2) is 42.0 Å². The van der Waals surface area contributed by atoms with Crippen molar-refractivity contribution in [2.24, 2.45) is 11.7 Å². The van der Waals surface area contributed by atoms with Crippen molar-refractivity contribution >= 4 is 18.3 Å². The molecule has 0 bridgehead atoms. The van der Waals surface area contributed by atoms with E-state index in [0.717, 1.165) is 25.9 Å². The molecule has 1 aliphatic heterocycles. The molecular weight excluding hydrogens is 250 g/mol. The van der Waals surface area contributed by atoms with E-state index in [9.17, 15) is 4.79 Å². The van der Waals surface area contributed by atoms with Crippen LogP contribution < -0.4 is 11.1 Å². The van der Waals surface area contributed by atoms with Gasteiger partial charge in [-0.25, -0.2) is 0 Å². The smallest absolute Gasteiger partial charge is 0.237 e. The van der Waals surface area contributed by atoms with Crippen molar-refractivity contribution < 1.29 is 4.79 Å². The van der Waals surface area contributed by atoms with Crippen molar-refractivity contribution in [2.45, 2.75) is 58.7 Å². The summed E-state index contributed by atoms with van der Waals surface area (Å²) in [7, 11) is 0. The molecule has 0 spiro atoms. The minimum absolute atomic E-state index is 0. The van der Waals surface area contributed by atoms with E-state index in [0.29, 0.717) is 5.92 Å². The lowest BCUT2D eigenvalue weighted by atomic mass is 9.94. The molecule has 0 aromatic heterocycles. The highest BCUT2D eigenvalue weighted by Gasteiger charge is 2.29. The molecule has 1 aliphatic rings. The van der Waals surface area contributed by atoms with Crippen LogP contribution in [0.1, 0.15) is 40.5 Å². The van der Waals surface area contributed by atoms with Crippen LogP contribution in [0.2, 0.25) is 0 Å². The molecule has 3 N–H and O–H groups in total. The van der Waals surface area contributed by atoms with Gasteiger partial charge in [-0.1, -0.05) is 13.8 Å². The molecule has 1 saturated heterocycles. The van der Waals surface area contributed by atoms with E-state index in [1.54, 1.807) is 0 Å². The average molecular weight is 278 g/mol. The Morgan fingerprint density at radius 3 is 2.61 bits per heavy atom. The van der Waals surface area contributed by atoms with Gasteiger partial charge in [0.05, 0.1) is 6.04 Å². The first-order valence-electron chi connectivity index (χ1n) is 6.75. The number of carbonyl (C=O) groups excluding carboxylic acids is 1. The Morgan fingerprint density at radius 1 is 1.50 bits per heavy atom. The third-order valence-electron chi connectivity index (χ3n) is 3.93. The van der Waals surface area contributed by atoms with Gasteiger partial charge in [0, 0.05) is 25.2 Å². The Labute approximate surface area is 117 Å². The molecule has 0 aromatic carbocycles. The standard InChI is InChI=1S/C13H27N3O.ClH/c1-5-10(3)15-13(17)11(4)16-7-6-12(14)9(2)8-16;/h9-12H,5-8,14H2,1-4H3,(H,15,17);1H. The Balaban J connectivity index is 0.00000289. The number of likely N-dealkylation sites (tertiary alicyclic amines) is 1. The van der Waals surface area contributed by atoms with Gasteiger partial charge in [-0.2, -0.15) is 0 Å². The van der Waals surface area contributed by atoms with Crippen molar-refractivity contribution in [3.63, 3.8) is 0 Å². The summed E-state index contributed by atoms with van der Waals surface area (Å²) in [6.45, 7) is 10.1. The number of nitrogens with one attached hydrogen (secondary N) is 1. The average Bonchev–Trinajstić information content (AvgIpc) is 2.31. The summed E-state index contributed by atoms with van der Waals surface area (Å²) in [6, 6.07) is 0.504. The number of rotatable bonds is 4. The van der Waals surface area contributed by atoms with E-state index in [4.69, 9.17) is 5.73 Å². The zero-order valence-corrected chi connectivity index (χ0v) is 12.8. The third-order valence-corrected chi connectivity index (χ3v) is 3.93. The van der Waals surface area contributed by atoms with Crippen molar-refractivity contribution in [1.29, 1.82) is 0 Å². The fourth-order valence-electron chi connectivity index (χ4n) is 2.18. The van der Waals surface area contributed by atoms with Gasteiger partial charge in [-0.3, -0.25) is 9.69 Å². The maximum absolute atomic E-state index is 12.0. The van der Waals surface area contributed by atoms with Crippen LogP contribution in [0.5, 0.6) is 0 Å². The summed E-state index contributed by atoms with van der Waals surface area (Å²) in [6.07, 6.45) is 1.96. The molecule has 1 heterocycles.